The van der Waals surface area contributed by atoms with E-state index in [0.717, 1.165) is 31.5 Å². The lowest BCUT2D eigenvalue weighted by Gasteiger charge is -2.32. The van der Waals surface area contributed by atoms with E-state index in [0.29, 0.717) is 18.2 Å². The Balaban J connectivity index is 1.71. The molecule has 0 amide bonds. The van der Waals surface area contributed by atoms with Gasteiger partial charge in [-0.1, -0.05) is 6.07 Å². The van der Waals surface area contributed by atoms with E-state index < -0.39 is 0 Å². The minimum absolute atomic E-state index is 0.381. The highest BCUT2D eigenvalue weighted by Gasteiger charge is 2.23. The van der Waals surface area contributed by atoms with Gasteiger partial charge >= 0.3 is 0 Å². The highest BCUT2D eigenvalue weighted by Crippen LogP contribution is 2.18. The topological polar surface area (TPSA) is 34.2 Å². The highest BCUT2D eigenvalue weighted by atomic mass is 16.5. The minimum Gasteiger partial charge on any atom is -0.375 e. The van der Waals surface area contributed by atoms with Crippen LogP contribution in [0.25, 0.3) is 0 Å². The maximum atomic E-state index is 5.73. The van der Waals surface area contributed by atoms with E-state index in [1.54, 1.807) is 0 Å². The molecule has 1 aromatic heterocycles. The van der Waals surface area contributed by atoms with E-state index in [1.807, 2.05) is 18.3 Å². The second-order valence-electron chi connectivity index (χ2n) is 4.95. The summed E-state index contributed by atoms with van der Waals surface area (Å²) in [6.45, 7) is 5.31. The smallest absolute Gasteiger partial charge is 0.0565 e. The third-order valence-electron chi connectivity index (χ3n) is 3.24. The molecule has 0 aromatic carbocycles. The lowest BCUT2D eigenvalue weighted by atomic mass is 10.00. The number of aromatic nitrogens is 1. The maximum Gasteiger partial charge on any atom is 0.0565 e. The Kier molecular flexibility index (Phi) is 4.51. The first kappa shape index (κ1) is 12.5. The normalized spacial score (nSPS) is 29.2. The number of pyridine rings is 1. The SMILES string of the molecule is CC1CC(NCCc2ccccn2)CC(C)O1. The van der Waals surface area contributed by atoms with Gasteiger partial charge in [0.15, 0.2) is 0 Å². The first-order chi connectivity index (χ1) is 8.24. The summed E-state index contributed by atoms with van der Waals surface area (Å²) in [6.07, 6.45) is 5.85. The second kappa shape index (κ2) is 6.12. The molecule has 0 bridgehead atoms. The number of nitrogens with zero attached hydrogens (tertiary/aromatic N) is 1. The third-order valence-corrected chi connectivity index (χ3v) is 3.24. The Morgan fingerprint density at radius 2 is 2.06 bits per heavy atom. The van der Waals surface area contributed by atoms with Crippen molar-refractivity contribution in [1.29, 1.82) is 0 Å². The summed E-state index contributed by atoms with van der Waals surface area (Å²) in [4.78, 5) is 4.33. The molecule has 1 saturated heterocycles. The van der Waals surface area contributed by atoms with Crippen molar-refractivity contribution in [3.8, 4) is 0 Å². The Bertz CT molecular complexity index is 318. The van der Waals surface area contributed by atoms with Crippen molar-refractivity contribution in [1.82, 2.24) is 10.3 Å². The summed E-state index contributed by atoms with van der Waals surface area (Å²) in [5.41, 5.74) is 1.16. The van der Waals surface area contributed by atoms with Crippen molar-refractivity contribution in [3.63, 3.8) is 0 Å². The van der Waals surface area contributed by atoms with Gasteiger partial charge in [-0.05, 0) is 38.8 Å². The Morgan fingerprint density at radius 1 is 1.29 bits per heavy atom. The highest BCUT2D eigenvalue weighted by molar-refractivity contribution is 5.03. The van der Waals surface area contributed by atoms with E-state index in [1.165, 1.54) is 0 Å². The summed E-state index contributed by atoms with van der Waals surface area (Å²) in [5, 5.41) is 3.61. The van der Waals surface area contributed by atoms with Crippen molar-refractivity contribution in [2.45, 2.75) is 51.4 Å². The van der Waals surface area contributed by atoms with Gasteiger partial charge in [0.05, 0.1) is 12.2 Å². The number of hydrogen-bond donors (Lipinski definition) is 1. The molecule has 1 fully saturated rings. The molecule has 1 N–H and O–H groups in total. The Morgan fingerprint density at radius 3 is 2.71 bits per heavy atom. The molecule has 0 spiro atoms. The predicted octanol–water partition coefficient (Wildman–Crippen LogP) is 2.17. The van der Waals surface area contributed by atoms with E-state index in [-0.39, 0.29) is 0 Å². The van der Waals surface area contributed by atoms with E-state index >= 15 is 0 Å². The van der Waals surface area contributed by atoms with E-state index in [2.05, 4.69) is 30.2 Å². The number of rotatable bonds is 4. The first-order valence-electron chi connectivity index (χ1n) is 6.53. The van der Waals surface area contributed by atoms with E-state index in [4.69, 9.17) is 4.74 Å². The summed E-state index contributed by atoms with van der Waals surface area (Å²) < 4.78 is 5.73. The number of hydrogen-bond acceptors (Lipinski definition) is 3. The van der Waals surface area contributed by atoms with Crippen LogP contribution in [0.5, 0.6) is 0 Å². The van der Waals surface area contributed by atoms with Gasteiger partial charge in [-0.2, -0.15) is 0 Å². The fourth-order valence-electron chi connectivity index (χ4n) is 2.52. The summed E-state index contributed by atoms with van der Waals surface area (Å²) in [7, 11) is 0. The molecule has 2 rings (SSSR count). The first-order valence-corrected chi connectivity index (χ1v) is 6.53. The van der Waals surface area contributed by atoms with Gasteiger partial charge in [-0.25, -0.2) is 0 Å². The van der Waals surface area contributed by atoms with Crippen molar-refractivity contribution in [2.75, 3.05) is 6.54 Å². The molecule has 1 aliphatic rings. The van der Waals surface area contributed by atoms with Gasteiger partial charge in [0, 0.05) is 30.9 Å². The van der Waals surface area contributed by atoms with Crippen LogP contribution in [-0.4, -0.2) is 29.8 Å². The van der Waals surface area contributed by atoms with E-state index in [9.17, 15) is 0 Å². The van der Waals surface area contributed by atoms with Gasteiger partial charge in [0.2, 0.25) is 0 Å². The second-order valence-corrected chi connectivity index (χ2v) is 4.95. The average Bonchev–Trinajstić information content (AvgIpc) is 2.29. The van der Waals surface area contributed by atoms with Crippen LogP contribution < -0.4 is 5.32 Å². The van der Waals surface area contributed by atoms with Gasteiger partial charge in [0.25, 0.3) is 0 Å². The molecule has 1 aliphatic heterocycles. The minimum atomic E-state index is 0.381. The largest absolute Gasteiger partial charge is 0.375 e. The molecule has 0 aliphatic carbocycles. The van der Waals surface area contributed by atoms with Crippen LogP contribution in [0.3, 0.4) is 0 Å². The van der Waals surface area contributed by atoms with Gasteiger partial charge < -0.3 is 10.1 Å². The number of ether oxygens (including phenoxy) is 1. The number of nitrogens with one attached hydrogen (secondary N) is 1. The molecule has 1 aromatic rings. The fourth-order valence-corrected chi connectivity index (χ4v) is 2.52. The van der Waals surface area contributed by atoms with Gasteiger partial charge in [-0.15, -0.1) is 0 Å². The lowest BCUT2D eigenvalue weighted by Crippen LogP contribution is -2.42. The Labute approximate surface area is 104 Å². The van der Waals surface area contributed by atoms with Crippen LogP contribution in [0.4, 0.5) is 0 Å². The molecule has 3 nitrogen and oxygen atoms in total. The molecule has 17 heavy (non-hydrogen) atoms. The van der Waals surface area contributed by atoms with Crippen LogP contribution >= 0.6 is 0 Å². The molecule has 0 saturated carbocycles. The van der Waals surface area contributed by atoms with Crippen LogP contribution in [0.15, 0.2) is 24.4 Å². The molecule has 94 valence electrons. The standard InChI is InChI=1S/C14H22N2O/c1-11-9-14(10-12(2)17-11)16-8-6-13-5-3-4-7-15-13/h3-5,7,11-12,14,16H,6,8-10H2,1-2H3. The monoisotopic (exact) mass is 234 g/mol. The third kappa shape index (κ3) is 4.10. The zero-order valence-corrected chi connectivity index (χ0v) is 10.7. The summed E-state index contributed by atoms with van der Waals surface area (Å²) >= 11 is 0. The van der Waals surface area contributed by atoms with Crippen molar-refractivity contribution in [2.24, 2.45) is 0 Å². The van der Waals surface area contributed by atoms with Crippen molar-refractivity contribution < 1.29 is 4.74 Å². The summed E-state index contributed by atoms with van der Waals surface area (Å²) in [5.74, 6) is 0. The molecule has 2 atom stereocenters. The maximum absolute atomic E-state index is 5.73. The molecular formula is C14H22N2O. The predicted molar refractivity (Wildman–Crippen MR) is 69.0 cm³/mol. The van der Waals surface area contributed by atoms with Crippen LogP contribution in [0.2, 0.25) is 0 Å². The van der Waals surface area contributed by atoms with Crippen LogP contribution in [0, 0.1) is 0 Å². The average molecular weight is 234 g/mol. The van der Waals surface area contributed by atoms with Crippen LogP contribution in [-0.2, 0) is 11.2 Å². The fraction of sp³-hybridized carbons (Fsp3) is 0.643. The van der Waals surface area contributed by atoms with Crippen molar-refractivity contribution in [3.05, 3.63) is 30.1 Å². The molecule has 0 radical (unpaired) electrons. The molecule has 2 unspecified atom stereocenters. The zero-order valence-electron chi connectivity index (χ0n) is 10.7. The molecular weight excluding hydrogens is 212 g/mol. The Hall–Kier alpha value is -0.930. The quantitative estimate of drug-likeness (QED) is 0.867. The molecule has 2 heterocycles. The summed E-state index contributed by atoms with van der Waals surface area (Å²) in [6, 6.07) is 6.67. The zero-order chi connectivity index (χ0) is 12.1. The lowest BCUT2D eigenvalue weighted by molar-refractivity contribution is -0.0419. The van der Waals surface area contributed by atoms with Crippen molar-refractivity contribution >= 4 is 0 Å². The molecule has 3 heteroatoms. The van der Waals surface area contributed by atoms with Gasteiger partial charge in [-0.3, -0.25) is 4.98 Å². The van der Waals surface area contributed by atoms with Gasteiger partial charge in [0.1, 0.15) is 0 Å². The van der Waals surface area contributed by atoms with Crippen LogP contribution in [0.1, 0.15) is 32.4 Å².